The van der Waals surface area contributed by atoms with Crippen LogP contribution in [0, 0.1) is 5.92 Å². The quantitative estimate of drug-likeness (QED) is 0.606. The second-order valence-corrected chi connectivity index (χ2v) is 5.85. The van der Waals surface area contributed by atoms with Crippen molar-refractivity contribution in [2.75, 3.05) is 6.54 Å². The standard InChI is InChI=1S/C15H31NO/c1-3-4-5-6-7-8-13(2)16-12-14-9-10-15(17)11-14/h13-17H,3-12H2,1-2H3. The topological polar surface area (TPSA) is 32.3 Å². The molecule has 1 rings (SSSR count). The van der Waals surface area contributed by atoms with E-state index < -0.39 is 0 Å². The third-order valence-corrected chi connectivity index (χ3v) is 4.01. The molecule has 1 aliphatic carbocycles. The van der Waals surface area contributed by atoms with Gasteiger partial charge < -0.3 is 10.4 Å². The number of rotatable bonds is 9. The van der Waals surface area contributed by atoms with Gasteiger partial charge in [-0.15, -0.1) is 0 Å². The summed E-state index contributed by atoms with van der Waals surface area (Å²) in [6.07, 6.45) is 11.4. The van der Waals surface area contributed by atoms with Gasteiger partial charge in [0.1, 0.15) is 0 Å². The number of aliphatic hydroxyl groups excluding tert-OH is 1. The van der Waals surface area contributed by atoms with Crippen molar-refractivity contribution in [1.29, 1.82) is 0 Å². The monoisotopic (exact) mass is 241 g/mol. The highest BCUT2D eigenvalue weighted by Gasteiger charge is 2.22. The van der Waals surface area contributed by atoms with E-state index in [2.05, 4.69) is 19.2 Å². The second-order valence-electron chi connectivity index (χ2n) is 5.85. The maximum Gasteiger partial charge on any atom is 0.0543 e. The van der Waals surface area contributed by atoms with Gasteiger partial charge >= 0.3 is 0 Å². The first kappa shape index (κ1) is 15.0. The van der Waals surface area contributed by atoms with E-state index in [0.717, 1.165) is 19.4 Å². The molecule has 3 atom stereocenters. The Hall–Kier alpha value is -0.0800. The predicted octanol–water partition coefficient (Wildman–Crippen LogP) is 3.49. The third kappa shape index (κ3) is 7.05. The van der Waals surface area contributed by atoms with Gasteiger partial charge in [0.25, 0.3) is 0 Å². The lowest BCUT2D eigenvalue weighted by Crippen LogP contribution is -2.30. The van der Waals surface area contributed by atoms with Crippen LogP contribution in [-0.2, 0) is 0 Å². The molecule has 0 amide bonds. The zero-order chi connectivity index (χ0) is 12.5. The first-order valence-electron chi connectivity index (χ1n) is 7.63. The molecule has 3 unspecified atom stereocenters. The van der Waals surface area contributed by atoms with E-state index in [1.54, 1.807) is 0 Å². The van der Waals surface area contributed by atoms with Gasteiger partial charge in [0, 0.05) is 6.04 Å². The highest BCUT2D eigenvalue weighted by molar-refractivity contribution is 4.77. The van der Waals surface area contributed by atoms with Gasteiger partial charge in [-0.1, -0.05) is 39.0 Å². The van der Waals surface area contributed by atoms with Gasteiger partial charge in [-0.3, -0.25) is 0 Å². The van der Waals surface area contributed by atoms with E-state index in [1.807, 2.05) is 0 Å². The van der Waals surface area contributed by atoms with Crippen molar-refractivity contribution >= 4 is 0 Å². The molecule has 0 spiro atoms. The van der Waals surface area contributed by atoms with Crippen LogP contribution in [0.5, 0.6) is 0 Å². The molecule has 1 fully saturated rings. The average Bonchev–Trinajstić information content (AvgIpc) is 2.72. The molecule has 2 nitrogen and oxygen atoms in total. The summed E-state index contributed by atoms with van der Waals surface area (Å²) in [5, 5.41) is 13.1. The lowest BCUT2D eigenvalue weighted by atomic mass is 10.1. The summed E-state index contributed by atoms with van der Waals surface area (Å²) < 4.78 is 0. The second kappa shape index (κ2) is 8.93. The molecule has 0 aromatic carbocycles. The van der Waals surface area contributed by atoms with Crippen molar-refractivity contribution in [1.82, 2.24) is 5.32 Å². The molecule has 2 N–H and O–H groups in total. The van der Waals surface area contributed by atoms with Gasteiger partial charge in [-0.25, -0.2) is 0 Å². The van der Waals surface area contributed by atoms with E-state index in [9.17, 15) is 5.11 Å². The van der Waals surface area contributed by atoms with Gasteiger partial charge in [0.05, 0.1) is 6.10 Å². The molecule has 0 heterocycles. The van der Waals surface area contributed by atoms with Crippen LogP contribution in [0.2, 0.25) is 0 Å². The van der Waals surface area contributed by atoms with Crippen LogP contribution in [0.25, 0.3) is 0 Å². The van der Waals surface area contributed by atoms with Crippen LogP contribution in [0.15, 0.2) is 0 Å². The van der Waals surface area contributed by atoms with Crippen molar-refractivity contribution in [3.8, 4) is 0 Å². The number of nitrogens with one attached hydrogen (secondary N) is 1. The summed E-state index contributed by atoms with van der Waals surface area (Å²) in [5.74, 6) is 0.715. The lowest BCUT2D eigenvalue weighted by molar-refractivity contribution is 0.177. The van der Waals surface area contributed by atoms with Gasteiger partial charge in [0.15, 0.2) is 0 Å². The van der Waals surface area contributed by atoms with Crippen LogP contribution in [0.4, 0.5) is 0 Å². The molecule has 17 heavy (non-hydrogen) atoms. The Morgan fingerprint density at radius 1 is 1.18 bits per heavy atom. The normalized spacial score (nSPS) is 26.3. The van der Waals surface area contributed by atoms with Crippen LogP contribution in [-0.4, -0.2) is 23.8 Å². The van der Waals surface area contributed by atoms with Gasteiger partial charge in [-0.05, 0) is 45.1 Å². The van der Waals surface area contributed by atoms with Crippen molar-refractivity contribution < 1.29 is 5.11 Å². The fourth-order valence-corrected chi connectivity index (χ4v) is 2.76. The SMILES string of the molecule is CCCCCCCC(C)NCC1CCC(O)C1. The van der Waals surface area contributed by atoms with E-state index in [0.29, 0.717) is 12.0 Å². The van der Waals surface area contributed by atoms with E-state index in [1.165, 1.54) is 44.9 Å². The predicted molar refractivity (Wildman–Crippen MR) is 74.2 cm³/mol. The Morgan fingerprint density at radius 3 is 2.59 bits per heavy atom. The minimum atomic E-state index is -0.0221. The largest absolute Gasteiger partial charge is 0.393 e. The summed E-state index contributed by atoms with van der Waals surface area (Å²) in [6, 6.07) is 0.648. The highest BCUT2D eigenvalue weighted by atomic mass is 16.3. The van der Waals surface area contributed by atoms with Crippen LogP contribution >= 0.6 is 0 Å². The number of hydrogen-bond acceptors (Lipinski definition) is 2. The van der Waals surface area contributed by atoms with E-state index in [4.69, 9.17) is 0 Å². The summed E-state index contributed by atoms with van der Waals surface area (Å²) in [5.41, 5.74) is 0. The number of hydrogen-bond donors (Lipinski definition) is 2. The zero-order valence-electron chi connectivity index (χ0n) is 11.8. The molecular formula is C15H31NO. The Morgan fingerprint density at radius 2 is 1.94 bits per heavy atom. The minimum Gasteiger partial charge on any atom is -0.393 e. The Labute approximate surface area is 107 Å². The summed E-state index contributed by atoms with van der Waals surface area (Å²) in [6.45, 7) is 5.67. The number of aliphatic hydroxyl groups is 1. The smallest absolute Gasteiger partial charge is 0.0543 e. The van der Waals surface area contributed by atoms with Crippen LogP contribution < -0.4 is 5.32 Å². The van der Waals surface area contributed by atoms with Crippen molar-refractivity contribution in [2.24, 2.45) is 5.92 Å². The summed E-state index contributed by atoms with van der Waals surface area (Å²) in [7, 11) is 0. The van der Waals surface area contributed by atoms with Crippen molar-refractivity contribution in [2.45, 2.75) is 83.8 Å². The zero-order valence-corrected chi connectivity index (χ0v) is 11.8. The van der Waals surface area contributed by atoms with E-state index in [-0.39, 0.29) is 6.10 Å². The van der Waals surface area contributed by atoms with Gasteiger partial charge in [0.2, 0.25) is 0 Å². The molecule has 2 heteroatoms. The molecule has 1 saturated carbocycles. The maximum atomic E-state index is 9.46. The minimum absolute atomic E-state index is 0.0221. The molecule has 0 aliphatic heterocycles. The summed E-state index contributed by atoms with van der Waals surface area (Å²) in [4.78, 5) is 0. The third-order valence-electron chi connectivity index (χ3n) is 4.01. The first-order chi connectivity index (χ1) is 8.22. The average molecular weight is 241 g/mol. The molecule has 0 aromatic rings. The first-order valence-corrected chi connectivity index (χ1v) is 7.63. The lowest BCUT2D eigenvalue weighted by Gasteiger charge is -2.17. The fraction of sp³-hybridized carbons (Fsp3) is 1.00. The van der Waals surface area contributed by atoms with Crippen LogP contribution in [0.3, 0.4) is 0 Å². The summed E-state index contributed by atoms with van der Waals surface area (Å²) >= 11 is 0. The van der Waals surface area contributed by atoms with E-state index >= 15 is 0 Å². The molecule has 0 saturated heterocycles. The molecule has 1 aliphatic rings. The maximum absolute atomic E-state index is 9.46. The van der Waals surface area contributed by atoms with Gasteiger partial charge in [-0.2, -0.15) is 0 Å². The van der Waals surface area contributed by atoms with Crippen molar-refractivity contribution in [3.05, 3.63) is 0 Å². The Balaban J connectivity index is 1.92. The fourth-order valence-electron chi connectivity index (χ4n) is 2.76. The molecule has 0 bridgehead atoms. The Bertz CT molecular complexity index is 184. The molecule has 102 valence electrons. The molecular weight excluding hydrogens is 210 g/mol. The molecule has 0 radical (unpaired) electrons. The number of unbranched alkanes of at least 4 members (excludes halogenated alkanes) is 4. The van der Waals surface area contributed by atoms with Crippen molar-refractivity contribution in [3.63, 3.8) is 0 Å². The van der Waals surface area contributed by atoms with Crippen LogP contribution in [0.1, 0.15) is 71.6 Å². The highest BCUT2D eigenvalue weighted by Crippen LogP contribution is 2.24. The Kier molecular flexibility index (Phi) is 7.87. The molecule has 0 aromatic heterocycles.